The smallest absolute Gasteiger partial charge is 0.272 e. The van der Waals surface area contributed by atoms with Crippen molar-refractivity contribution in [2.75, 3.05) is 13.6 Å². The molecule has 6 nitrogen and oxygen atoms in total. The van der Waals surface area contributed by atoms with Gasteiger partial charge in [0.15, 0.2) is 0 Å². The summed E-state index contributed by atoms with van der Waals surface area (Å²) in [7, 11) is -2.65. The molecule has 0 aliphatic rings. The Kier molecular flexibility index (Phi) is 6.34. The van der Waals surface area contributed by atoms with Crippen LogP contribution in [0.1, 0.15) is 11.1 Å². The van der Waals surface area contributed by atoms with E-state index in [1.165, 1.54) is 37.4 Å². The molecule has 0 aliphatic carbocycles. The molecule has 0 fully saturated rings. The molecule has 0 heterocycles. The molecular weight excluding hydrogens is 383 g/mol. The number of hydrogen-bond acceptors (Lipinski definition) is 4. The fraction of sp³-hybridized carbons (Fsp3) is 0.176. The second-order valence-electron chi connectivity index (χ2n) is 5.45. The second-order valence-corrected chi connectivity index (χ2v) is 7.50. The van der Waals surface area contributed by atoms with E-state index in [2.05, 4.69) is 5.10 Å². The number of rotatable bonds is 6. The largest absolute Gasteiger partial charge is 0.417 e. The Balaban J connectivity index is 2.02. The average molecular weight is 399 g/mol. The van der Waals surface area contributed by atoms with Gasteiger partial charge in [-0.3, -0.25) is 4.79 Å². The van der Waals surface area contributed by atoms with Crippen molar-refractivity contribution in [3.63, 3.8) is 0 Å². The molecule has 0 radical (unpaired) electrons. The third-order valence-corrected chi connectivity index (χ3v) is 5.29. The highest BCUT2D eigenvalue weighted by Crippen LogP contribution is 2.31. The first-order chi connectivity index (χ1) is 12.6. The van der Waals surface area contributed by atoms with E-state index in [0.717, 1.165) is 16.6 Å². The fourth-order valence-electron chi connectivity index (χ4n) is 2.14. The Morgan fingerprint density at radius 2 is 1.70 bits per heavy atom. The van der Waals surface area contributed by atoms with Crippen LogP contribution < -0.4 is 5.43 Å². The van der Waals surface area contributed by atoms with Gasteiger partial charge in [-0.15, -0.1) is 0 Å². The summed E-state index contributed by atoms with van der Waals surface area (Å²) >= 11 is 0. The third kappa shape index (κ3) is 5.38. The van der Waals surface area contributed by atoms with Crippen molar-refractivity contribution in [3.05, 3.63) is 65.7 Å². The van der Waals surface area contributed by atoms with Crippen LogP contribution in [0.15, 0.2) is 64.6 Å². The van der Waals surface area contributed by atoms with Gasteiger partial charge in [0.05, 0.1) is 23.2 Å². The Bertz CT molecular complexity index is 929. The topological polar surface area (TPSA) is 78.8 Å². The number of likely N-dealkylation sites (N-methyl/N-ethyl adjacent to an activating group) is 1. The average Bonchev–Trinajstić information content (AvgIpc) is 2.62. The zero-order chi connectivity index (χ0) is 20.1. The molecule has 2 aromatic rings. The number of hydrogen-bond donors (Lipinski definition) is 1. The van der Waals surface area contributed by atoms with Crippen molar-refractivity contribution in [1.29, 1.82) is 0 Å². The van der Waals surface area contributed by atoms with E-state index >= 15 is 0 Å². The van der Waals surface area contributed by atoms with E-state index in [9.17, 15) is 26.4 Å². The van der Waals surface area contributed by atoms with Gasteiger partial charge in [0.25, 0.3) is 5.91 Å². The molecule has 2 aromatic carbocycles. The van der Waals surface area contributed by atoms with Crippen molar-refractivity contribution in [1.82, 2.24) is 9.73 Å². The highest BCUT2D eigenvalue weighted by molar-refractivity contribution is 7.89. The van der Waals surface area contributed by atoms with E-state index < -0.39 is 34.2 Å². The first kappa shape index (κ1) is 20.6. The van der Waals surface area contributed by atoms with Crippen LogP contribution in [0.3, 0.4) is 0 Å². The van der Waals surface area contributed by atoms with Gasteiger partial charge in [-0.1, -0.05) is 36.4 Å². The van der Waals surface area contributed by atoms with E-state index in [-0.39, 0.29) is 10.5 Å². The maximum Gasteiger partial charge on any atom is 0.417 e. The third-order valence-electron chi connectivity index (χ3n) is 3.48. The zero-order valence-corrected chi connectivity index (χ0v) is 15.0. The minimum atomic E-state index is -4.56. The first-order valence-corrected chi connectivity index (χ1v) is 9.06. The number of nitrogens with zero attached hydrogens (tertiary/aromatic N) is 2. The molecule has 27 heavy (non-hydrogen) atoms. The highest BCUT2D eigenvalue weighted by atomic mass is 32.2. The van der Waals surface area contributed by atoms with Gasteiger partial charge < -0.3 is 0 Å². The molecule has 10 heteroatoms. The lowest BCUT2D eigenvalue weighted by atomic mass is 10.1. The van der Waals surface area contributed by atoms with Crippen molar-refractivity contribution < 1.29 is 26.4 Å². The molecule has 0 aliphatic heterocycles. The van der Waals surface area contributed by atoms with Gasteiger partial charge in [-0.05, 0) is 18.2 Å². The van der Waals surface area contributed by atoms with Crippen LogP contribution >= 0.6 is 0 Å². The van der Waals surface area contributed by atoms with Gasteiger partial charge in [0.2, 0.25) is 10.0 Å². The van der Waals surface area contributed by atoms with E-state index in [1.807, 2.05) is 5.43 Å². The van der Waals surface area contributed by atoms with Crippen LogP contribution in [-0.2, 0) is 21.0 Å². The monoisotopic (exact) mass is 399 g/mol. The molecule has 0 saturated heterocycles. The van der Waals surface area contributed by atoms with Gasteiger partial charge in [0.1, 0.15) is 0 Å². The minimum Gasteiger partial charge on any atom is -0.272 e. The van der Waals surface area contributed by atoms with Crippen LogP contribution in [0, 0.1) is 0 Å². The van der Waals surface area contributed by atoms with Gasteiger partial charge in [0, 0.05) is 12.6 Å². The molecule has 0 saturated carbocycles. The van der Waals surface area contributed by atoms with E-state index in [4.69, 9.17) is 0 Å². The molecule has 0 spiro atoms. The standard InChI is InChI=1S/C17H16F3N3O3S/c1-23(27(25,26)14-8-3-2-4-9-14)12-16(24)22-21-11-13-7-5-6-10-15(13)17(18,19)20/h2-11H,12H2,1H3,(H,22,24)/b21-11-. The van der Waals surface area contributed by atoms with Crippen molar-refractivity contribution in [3.8, 4) is 0 Å². The van der Waals surface area contributed by atoms with Gasteiger partial charge in [-0.25, -0.2) is 13.8 Å². The number of carbonyl (C=O) groups excluding carboxylic acids is 1. The number of hydrazone groups is 1. The van der Waals surface area contributed by atoms with Gasteiger partial charge >= 0.3 is 6.18 Å². The molecule has 1 amide bonds. The van der Waals surface area contributed by atoms with Crippen LogP contribution in [0.2, 0.25) is 0 Å². The molecule has 0 unspecified atom stereocenters. The molecule has 1 N–H and O–H groups in total. The number of amides is 1. The van der Waals surface area contributed by atoms with Crippen LogP contribution in [0.25, 0.3) is 0 Å². The van der Waals surface area contributed by atoms with Crippen molar-refractivity contribution in [2.45, 2.75) is 11.1 Å². The number of benzene rings is 2. The SMILES string of the molecule is CN(CC(=O)N/N=C\c1ccccc1C(F)(F)F)S(=O)(=O)c1ccccc1. The fourth-order valence-corrected chi connectivity index (χ4v) is 3.28. The Hall–Kier alpha value is -2.72. The Morgan fingerprint density at radius 3 is 2.33 bits per heavy atom. The predicted octanol–water partition coefficient (Wildman–Crippen LogP) is 2.48. The lowest BCUT2D eigenvalue weighted by molar-refractivity contribution is -0.137. The van der Waals surface area contributed by atoms with Gasteiger partial charge in [-0.2, -0.15) is 22.6 Å². The maximum absolute atomic E-state index is 12.9. The summed E-state index contributed by atoms with van der Waals surface area (Å²) in [6.45, 7) is -0.546. The molecule has 2 rings (SSSR count). The summed E-state index contributed by atoms with van der Waals surface area (Å²) in [5, 5.41) is 3.48. The molecule has 0 bridgehead atoms. The number of nitrogens with one attached hydrogen (secondary N) is 1. The normalized spacial score (nSPS) is 12.5. The second kappa shape index (κ2) is 8.31. The highest BCUT2D eigenvalue weighted by Gasteiger charge is 2.32. The molecule has 0 atom stereocenters. The minimum absolute atomic E-state index is 0.0166. The summed E-state index contributed by atoms with van der Waals surface area (Å²) in [6.07, 6.45) is -3.71. The lowest BCUT2D eigenvalue weighted by Gasteiger charge is -2.16. The summed E-state index contributed by atoms with van der Waals surface area (Å²) in [5.74, 6) is -0.794. The summed E-state index contributed by atoms with van der Waals surface area (Å²) in [6, 6.07) is 12.2. The van der Waals surface area contributed by atoms with E-state index in [1.54, 1.807) is 18.2 Å². The zero-order valence-electron chi connectivity index (χ0n) is 14.1. The van der Waals surface area contributed by atoms with Crippen LogP contribution in [0.4, 0.5) is 13.2 Å². The molecular formula is C17H16F3N3O3S. The quantitative estimate of drug-likeness (QED) is 0.599. The summed E-state index contributed by atoms with van der Waals surface area (Å²) in [4.78, 5) is 11.9. The van der Waals surface area contributed by atoms with Crippen LogP contribution in [0.5, 0.6) is 0 Å². The number of halogens is 3. The predicted molar refractivity (Wildman–Crippen MR) is 93.4 cm³/mol. The first-order valence-electron chi connectivity index (χ1n) is 7.62. The summed E-state index contributed by atoms with van der Waals surface area (Å²) < 4.78 is 64.0. The lowest BCUT2D eigenvalue weighted by Crippen LogP contribution is -2.36. The Morgan fingerprint density at radius 1 is 1.11 bits per heavy atom. The molecule has 0 aromatic heterocycles. The van der Waals surface area contributed by atoms with Crippen LogP contribution in [-0.4, -0.2) is 38.4 Å². The van der Waals surface area contributed by atoms with Crippen molar-refractivity contribution in [2.24, 2.45) is 5.10 Å². The number of sulfonamides is 1. The number of alkyl halides is 3. The summed E-state index contributed by atoms with van der Waals surface area (Å²) in [5.41, 5.74) is 0.898. The molecule has 144 valence electrons. The Labute approximate surface area is 154 Å². The van der Waals surface area contributed by atoms with Crippen molar-refractivity contribution >= 4 is 22.1 Å². The number of carbonyl (C=O) groups is 1. The maximum atomic E-state index is 12.9. The van der Waals surface area contributed by atoms with E-state index in [0.29, 0.717) is 0 Å².